The van der Waals surface area contributed by atoms with Crippen molar-refractivity contribution in [3.8, 4) is 11.1 Å². The molecule has 46 heavy (non-hydrogen) atoms. The van der Waals surface area contributed by atoms with Crippen LogP contribution in [0.15, 0.2) is 131 Å². The Bertz CT molecular complexity index is 1910. The van der Waals surface area contributed by atoms with Crippen molar-refractivity contribution in [2.45, 2.75) is 42.2 Å². The third-order valence-electron chi connectivity index (χ3n) is 8.06. The molecule has 0 aromatic heterocycles. The number of carboxylic acid groups (broad SMARTS) is 1. The molecule has 0 radical (unpaired) electrons. The first-order valence-corrected chi connectivity index (χ1v) is 17.0. The summed E-state index contributed by atoms with van der Waals surface area (Å²) in [6.45, 7) is 3.60. The summed E-state index contributed by atoms with van der Waals surface area (Å²) in [7, 11) is -3.85. The van der Waals surface area contributed by atoms with Gasteiger partial charge in [0, 0.05) is 24.7 Å². The van der Waals surface area contributed by atoms with Crippen molar-refractivity contribution in [3.63, 3.8) is 0 Å². The number of sulfone groups is 1. The van der Waals surface area contributed by atoms with Crippen LogP contribution in [0.3, 0.4) is 0 Å². The van der Waals surface area contributed by atoms with Crippen LogP contribution in [0.25, 0.3) is 11.1 Å². The van der Waals surface area contributed by atoms with E-state index in [2.05, 4.69) is 17.0 Å². The van der Waals surface area contributed by atoms with Crippen LogP contribution in [0, 0.1) is 0 Å². The zero-order valence-corrected chi connectivity index (χ0v) is 27.1. The van der Waals surface area contributed by atoms with Crippen LogP contribution in [-0.2, 0) is 29.2 Å². The van der Waals surface area contributed by atoms with Crippen LogP contribution in [0.2, 0.25) is 5.02 Å². The van der Waals surface area contributed by atoms with Crippen LogP contribution in [0.5, 0.6) is 0 Å². The molecule has 5 aromatic rings. The highest BCUT2D eigenvalue weighted by molar-refractivity contribution is 7.91. The Morgan fingerprint density at radius 2 is 1.54 bits per heavy atom. The SMILES string of the molecule is CCc1c(-c2cccc(C(=O)O)c2)cccc1S(=O)(=O)c1ccc(CCN(Cc2ccccc2)C[C@H](O)c2cccc(Cl)c2)cc1. The van der Waals surface area contributed by atoms with Crippen molar-refractivity contribution in [2.75, 3.05) is 13.1 Å². The second-order valence-electron chi connectivity index (χ2n) is 11.2. The fourth-order valence-corrected chi connectivity index (χ4v) is 7.45. The van der Waals surface area contributed by atoms with Crippen LogP contribution < -0.4 is 0 Å². The summed E-state index contributed by atoms with van der Waals surface area (Å²) in [5.41, 5.74) is 5.00. The molecule has 2 N–H and O–H groups in total. The van der Waals surface area contributed by atoms with Gasteiger partial charge in [-0.25, -0.2) is 13.2 Å². The van der Waals surface area contributed by atoms with Crippen LogP contribution in [-0.4, -0.2) is 42.6 Å². The van der Waals surface area contributed by atoms with E-state index >= 15 is 0 Å². The molecular weight excluding hydrogens is 618 g/mol. The predicted octanol–water partition coefficient (Wildman–Crippen LogP) is 7.88. The van der Waals surface area contributed by atoms with Gasteiger partial charge in [0.05, 0.1) is 21.5 Å². The van der Waals surface area contributed by atoms with Crippen molar-refractivity contribution >= 4 is 27.4 Å². The summed E-state index contributed by atoms with van der Waals surface area (Å²) in [4.78, 5) is 14.1. The average Bonchev–Trinajstić information content (AvgIpc) is 3.07. The van der Waals surface area contributed by atoms with Gasteiger partial charge in [-0.3, -0.25) is 4.90 Å². The second kappa shape index (κ2) is 14.9. The number of benzene rings is 5. The zero-order valence-electron chi connectivity index (χ0n) is 25.5. The summed E-state index contributed by atoms with van der Waals surface area (Å²) in [5, 5.41) is 21.0. The van der Waals surface area contributed by atoms with E-state index in [-0.39, 0.29) is 15.4 Å². The molecule has 0 fully saturated rings. The number of hydrogen-bond donors (Lipinski definition) is 2. The van der Waals surface area contributed by atoms with E-state index in [1.54, 1.807) is 54.6 Å². The number of carbonyl (C=O) groups is 1. The van der Waals surface area contributed by atoms with E-state index in [0.29, 0.717) is 54.2 Å². The summed E-state index contributed by atoms with van der Waals surface area (Å²) >= 11 is 6.16. The van der Waals surface area contributed by atoms with Crippen LogP contribution in [0.1, 0.15) is 45.6 Å². The predicted molar refractivity (Wildman–Crippen MR) is 182 cm³/mol. The maximum Gasteiger partial charge on any atom is 0.335 e. The van der Waals surface area contributed by atoms with E-state index in [9.17, 15) is 23.4 Å². The van der Waals surface area contributed by atoms with Gasteiger partial charge < -0.3 is 10.2 Å². The first-order valence-electron chi connectivity index (χ1n) is 15.1. The molecule has 0 aliphatic carbocycles. The third kappa shape index (κ3) is 7.92. The largest absolute Gasteiger partial charge is 0.478 e. The Labute approximate surface area is 275 Å². The van der Waals surface area contributed by atoms with E-state index in [0.717, 1.165) is 16.7 Å². The highest BCUT2D eigenvalue weighted by Gasteiger charge is 2.23. The minimum atomic E-state index is -3.85. The summed E-state index contributed by atoms with van der Waals surface area (Å²) in [6.07, 6.45) is 0.397. The Morgan fingerprint density at radius 1 is 0.826 bits per heavy atom. The van der Waals surface area contributed by atoms with Crippen molar-refractivity contribution in [3.05, 3.63) is 154 Å². The van der Waals surface area contributed by atoms with E-state index in [1.807, 2.05) is 55.5 Å². The average molecular weight is 654 g/mol. The first-order chi connectivity index (χ1) is 22.2. The van der Waals surface area contributed by atoms with Gasteiger partial charge in [-0.15, -0.1) is 0 Å². The molecule has 0 spiro atoms. The lowest BCUT2D eigenvalue weighted by molar-refractivity contribution is 0.0697. The number of aliphatic hydroxyl groups is 1. The molecule has 0 heterocycles. The van der Waals surface area contributed by atoms with Crippen molar-refractivity contribution in [1.82, 2.24) is 4.90 Å². The van der Waals surface area contributed by atoms with Gasteiger partial charge in [0.1, 0.15) is 0 Å². The number of halogens is 1. The molecule has 0 unspecified atom stereocenters. The Balaban J connectivity index is 1.35. The van der Waals surface area contributed by atoms with Crippen LogP contribution in [0.4, 0.5) is 0 Å². The topological polar surface area (TPSA) is 94.9 Å². The minimum Gasteiger partial charge on any atom is -0.478 e. The Hall–Kier alpha value is -4.27. The van der Waals surface area contributed by atoms with E-state index in [4.69, 9.17) is 11.6 Å². The molecule has 0 bridgehead atoms. The third-order valence-corrected chi connectivity index (χ3v) is 10.1. The van der Waals surface area contributed by atoms with E-state index < -0.39 is 21.9 Å². The highest BCUT2D eigenvalue weighted by atomic mass is 35.5. The number of nitrogens with zero attached hydrogens (tertiary/aromatic N) is 1. The molecule has 1 atom stereocenters. The molecule has 0 saturated heterocycles. The van der Waals surface area contributed by atoms with Gasteiger partial charge in [-0.05, 0) is 88.7 Å². The molecule has 0 amide bonds. The fraction of sp³-hybridized carbons (Fsp3) is 0.184. The highest BCUT2D eigenvalue weighted by Crippen LogP contribution is 2.33. The Morgan fingerprint density at radius 3 is 2.24 bits per heavy atom. The minimum absolute atomic E-state index is 0.143. The van der Waals surface area contributed by atoms with E-state index in [1.165, 1.54) is 6.07 Å². The number of carboxylic acids is 1. The zero-order chi connectivity index (χ0) is 32.7. The van der Waals surface area contributed by atoms with Crippen molar-refractivity contribution in [2.24, 2.45) is 0 Å². The van der Waals surface area contributed by atoms with Gasteiger partial charge >= 0.3 is 5.97 Å². The molecule has 0 aliphatic rings. The maximum atomic E-state index is 13.9. The van der Waals surface area contributed by atoms with Gasteiger partial charge in [0.2, 0.25) is 9.84 Å². The molecule has 236 valence electrons. The normalized spacial score (nSPS) is 12.3. The standard InChI is InChI=1S/C38H36ClNO5S/c1-2-34-35(29-11-6-13-31(23-29)38(42)43)15-8-16-37(34)46(44,45)33-19-17-27(18-20-33)21-22-40(25-28-9-4-3-5-10-28)26-36(41)30-12-7-14-32(39)24-30/h3-20,23-24,36,41H,2,21-22,25-26H2,1H3,(H,42,43)/t36-/m0/s1. The summed E-state index contributed by atoms with van der Waals surface area (Å²) in [6, 6.07) is 36.0. The summed E-state index contributed by atoms with van der Waals surface area (Å²) in [5.74, 6) is -1.04. The monoisotopic (exact) mass is 653 g/mol. The van der Waals surface area contributed by atoms with Crippen LogP contribution >= 0.6 is 11.6 Å². The first kappa shape index (κ1) is 33.1. The number of rotatable bonds is 13. The summed E-state index contributed by atoms with van der Waals surface area (Å²) < 4.78 is 27.8. The van der Waals surface area contributed by atoms with Gasteiger partial charge in [-0.1, -0.05) is 97.4 Å². The Kier molecular flexibility index (Phi) is 10.7. The van der Waals surface area contributed by atoms with Crippen molar-refractivity contribution in [1.29, 1.82) is 0 Å². The second-order valence-corrected chi connectivity index (χ2v) is 13.6. The molecular formula is C38H36ClNO5S. The molecule has 0 aliphatic heterocycles. The quantitative estimate of drug-likeness (QED) is 0.134. The lowest BCUT2D eigenvalue weighted by Gasteiger charge is -2.25. The number of aliphatic hydroxyl groups excluding tert-OH is 1. The van der Waals surface area contributed by atoms with Gasteiger partial charge in [0.25, 0.3) is 0 Å². The molecule has 6 nitrogen and oxygen atoms in total. The molecule has 5 aromatic carbocycles. The van der Waals surface area contributed by atoms with Gasteiger partial charge in [-0.2, -0.15) is 0 Å². The fourth-order valence-electron chi connectivity index (χ4n) is 5.66. The molecule has 8 heteroatoms. The molecule has 0 saturated carbocycles. The smallest absolute Gasteiger partial charge is 0.335 e. The number of hydrogen-bond acceptors (Lipinski definition) is 5. The van der Waals surface area contributed by atoms with Crippen molar-refractivity contribution < 1.29 is 23.4 Å². The number of aromatic carboxylic acids is 1. The maximum absolute atomic E-state index is 13.9. The molecule has 5 rings (SSSR count). The van der Waals surface area contributed by atoms with Gasteiger partial charge in [0.15, 0.2) is 0 Å². The lowest BCUT2D eigenvalue weighted by atomic mass is 9.97. The lowest BCUT2D eigenvalue weighted by Crippen LogP contribution is -2.30.